The molecular formula is C19H17ClFN3O4S2. The van der Waals surface area contributed by atoms with E-state index in [1.807, 2.05) is 0 Å². The van der Waals surface area contributed by atoms with Gasteiger partial charge in [0.05, 0.1) is 20.1 Å². The lowest BCUT2D eigenvalue weighted by Crippen LogP contribution is -2.27. The molecule has 0 radical (unpaired) electrons. The molecule has 1 aromatic heterocycles. The molecule has 158 valence electrons. The lowest BCUT2D eigenvalue weighted by molar-refractivity contribution is -0.118. The topological polar surface area (TPSA) is 88.6 Å². The zero-order valence-corrected chi connectivity index (χ0v) is 18.0. The van der Waals surface area contributed by atoms with E-state index in [4.69, 9.17) is 16.3 Å². The molecule has 1 aliphatic heterocycles. The van der Waals surface area contributed by atoms with Gasteiger partial charge in [-0.25, -0.2) is 17.8 Å². The fourth-order valence-electron chi connectivity index (χ4n) is 3.07. The number of benzene rings is 2. The first-order chi connectivity index (χ1) is 14.3. The maximum absolute atomic E-state index is 13.2. The van der Waals surface area contributed by atoms with E-state index in [1.165, 1.54) is 33.8 Å². The third-order valence-corrected chi connectivity index (χ3v) is 7.69. The van der Waals surface area contributed by atoms with Gasteiger partial charge < -0.3 is 4.74 Å². The predicted octanol–water partition coefficient (Wildman–Crippen LogP) is 3.89. The minimum Gasteiger partial charge on any atom is -0.484 e. The Bertz CT molecular complexity index is 1210. The standard InChI is InChI=1S/C19H17ClFN3O4S2/c20-14-9-12(3-5-15(14)21)28-11-18(25)23-19-22-16-6-4-13(10-17(16)29-19)30(26,27)24-7-1-2-8-24/h3-6,9-10H,1-2,7-8,11H2,(H,22,23,25). The molecule has 30 heavy (non-hydrogen) atoms. The van der Waals surface area contributed by atoms with Crippen molar-refractivity contribution in [2.24, 2.45) is 0 Å². The van der Waals surface area contributed by atoms with Crippen molar-refractivity contribution in [1.29, 1.82) is 0 Å². The SMILES string of the molecule is O=C(COc1ccc(F)c(Cl)c1)Nc1nc2ccc(S(=O)(=O)N3CCCC3)cc2s1. The monoisotopic (exact) mass is 469 g/mol. The first-order valence-electron chi connectivity index (χ1n) is 9.11. The summed E-state index contributed by atoms with van der Waals surface area (Å²) in [6.45, 7) is 0.750. The van der Waals surface area contributed by atoms with Gasteiger partial charge in [-0.3, -0.25) is 10.1 Å². The first-order valence-corrected chi connectivity index (χ1v) is 11.7. The molecule has 0 saturated carbocycles. The zero-order chi connectivity index (χ0) is 21.3. The van der Waals surface area contributed by atoms with Crippen LogP contribution in [0.2, 0.25) is 5.02 Å². The van der Waals surface area contributed by atoms with E-state index < -0.39 is 21.7 Å². The second-order valence-corrected chi connectivity index (χ2v) is 10.0. The lowest BCUT2D eigenvalue weighted by atomic mass is 10.3. The van der Waals surface area contributed by atoms with Crippen LogP contribution in [0.4, 0.5) is 9.52 Å². The van der Waals surface area contributed by atoms with Crippen molar-refractivity contribution >= 4 is 54.2 Å². The van der Waals surface area contributed by atoms with Gasteiger partial charge in [-0.2, -0.15) is 4.31 Å². The van der Waals surface area contributed by atoms with Crippen molar-refractivity contribution in [3.05, 3.63) is 47.2 Å². The lowest BCUT2D eigenvalue weighted by Gasteiger charge is -2.15. The van der Waals surface area contributed by atoms with Gasteiger partial charge in [-0.15, -0.1) is 0 Å². The number of thiazole rings is 1. The smallest absolute Gasteiger partial charge is 0.264 e. The molecule has 0 aliphatic carbocycles. The Kier molecular flexibility index (Phi) is 5.92. The van der Waals surface area contributed by atoms with Gasteiger partial charge in [0.1, 0.15) is 11.6 Å². The van der Waals surface area contributed by atoms with Gasteiger partial charge in [-0.05, 0) is 43.2 Å². The van der Waals surface area contributed by atoms with Crippen LogP contribution >= 0.6 is 22.9 Å². The summed E-state index contributed by atoms with van der Waals surface area (Å²) < 4.78 is 46.0. The second-order valence-electron chi connectivity index (χ2n) is 6.67. The largest absolute Gasteiger partial charge is 0.484 e. The molecule has 2 aromatic carbocycles. The van der Waals surface area contributed by atoms with Gasteiger partial charge in [0, 0.05) is 19.2 Å². The van der Waals surface area contributed by atoms with Gasteiger partial charge in [0.15, 0.2) is 11.7 Å². The average Bonchev–Trinajstić information content (AvgIpc) is 3.38. The Balaban J connectivity index is 1.44. The minimum absolute atomic E-state index is 0.0984. The van der Waals surface area contributed by atoms with Crippen LogP contribution in [0.5, 0.6) is 5.75 Å². The minimum atomic E-state index is -3.52. The number of hydrogen-bond acceptors (Lipinski definition) is 6. The Morgan fingerprint density at radius 1 is 1.23 bits per heavy atom. The van der Waals surface area contributed by atoms with Crippen LogP contribution in [-0.4, -0.2) is 43.3 Å². The molecule has 1 saturated heterocycles. The first kappa shape index (κ1) is 21.0. The summed E-state index contributed by atoms with van der Waals surface area (Å²) >= 11 is 6.85. The Morgan fingerprint density at radius 2 is 2.00 bits per heavy atom. The van der Waals surface area contributed by atoms with Crippen molar-refractivity contribution in [3.8, 4) is 5.75 Å². The van der Waals surface area contributed by atoms with Gasteiger partial charge >= 0.3 is 0 Å². The number of ether oxygens (including phenoxy) is 1. The third-order valence-electron chi connectivity index (χ3n) is 4.57. The molecule has 1 aliphatic rings. The van der Waals surface area contributed by atoms with Crippen molar-refractivity contribution < 1.29 is 22.3 Å². The highest BCUT2D eigenvalue weighted by Crippen LogP contribution is 2.30. The van der Waals surface area contributed by atoms with Crippen LogP contribution in [0.3, 0.4) is 0 Å². The summed E-state index contributed by atoms with van der Waals surface area (Å²) in [5.41, 5.74) is 0.585. The number of amides is 1. The van der Waals surface area contributed by atoms with Crippen LogP contribution < -0.4 is 10.1 Å². The van der Waals surface area contributed by atoms with E-state index in [0.29, 0.717) is 28.4 Å². The quantitative estimate of drug-likeness (QED) is 0.591. The van der Waals surface area contributed by atoms with Crippen molar-refractivity contribution in [1.82, 2.24) is 9.29 Å². The highest BCUT2D eigenvalue weighted by molar-refractivity contribution is 7.89. The van der Waals surface area contributed by atoms with Gasteiger partial charge in [0.2, 0.25) is 10.0 Å². The number of sulfonamides is 1. The maximum Gasteiger partial charge on any atom is 0.264 e. The molecule has 0 unspecified atom stereocenters. The van der Waals surface area contributed by atoms with Crippen LogP contribution in [0.15, 0.2) is 41.3 Å². The fraction of sp³-hybridized carbons (Fsp3) is 0.263. The normalized spacial score (nSPS) is 14.9. The molecule has 0 atom stereocenters. The molecule has 1 amide bonds. The van der Waals surface area contributed by atoms with E-state index in [-0.39, 0.29) is 22.3 Å². The van der Waals surface area contributed by atoms with E-state index in [2.05, 4.69) is 10.3 Å². The number of carbonyl (C=O) groups excluding carboxylic acids is 1. The summed E-state index contributed by atoms with van der Waals surface area (Å²) in [6, 6.07) is 8.53. The number of nitrogens with one attached hydrogen (secondary N) is 1. The number of fused-ring (bicyclic) bond motifs is 1. The summed E-state index contributed by atoms with van der Waals surface area (Å²) in [5, 5.41) is 2.84. The number of hydrogen-bond donors (Lipinski definition) is 1. The highest BCUT2D eigenvalue weighted by Gasteiger charge is 2.27. The molecule has 11 heteroatoms. The Labute approximate surface area is 181 Å². The molecule has 4 rings (SSSR count). The van der Waals surface area contributed by atoms with Gasteiger partial charge in [-0.1, -0.05) is 22.9 Å². The molecule has 0 spiro atoms. The van der Waals surface area contributed by atoms with Crippen molar-refractivity contribution in [2.75, 3.05) is 25.0 Å². The van der Waals surface area contributed by atoms with E-state index in [9.17, 15) is 17.6 Å². The van der Waals surface area contributed by atoms with Crippen LogP contribution in [-0.2, 0) is 14.8 Å². The highest BCUT2D eigenvalue weighted by atomic mass is 35.5. The molecule has 1 fully saturated rings. The van der Waals surface area contributed by atoms with Crippen LogP contribution in [0.1, 0.15) is 12.8 Å². The third kappa shape index (κ3) is 4.41. The molecular weight excluding hydrogens is 453 g/mol. The summed E-state index contributed by atoms with van der Waals surface area (Å²) in [5.74, 6) is -0.772. The molecule has 0 bridgehead atoms. The number of nitrogens with zero attached hydrogens (tertiary/aromatic N) is 2. The fourth-order valence-corrected chi connectivity index (χ4v) is 5.78. The summed E-state index contributed by atoms with van der Waals surface area (Å²) in [6.07, 6.45) is 1.73. The number of rotatable bonds is 6. The van der Waals surface area contributed by atoms with Crippen molar-refractivity contribution in [3.63, 3.8) is 0 Å². The van der Waals surface area contributed by atoms with E-state index >= 15 is 0 Å². The average molecular weight is 470 g/mol. The number of anilines is 1. The Hall–Kier alpha value is -2.27. The number of carbonyl (C=O) groups is 1. The molecule has 7 nitrogen and oxygen atoms in total. The zero-order valence-electron chi connectivity index (χ0n) is 15.6. The Morgan fingerprint density at radius 3 is 2.73 bits per heavy atom. The van der Waals surface area contributed by atoms with E-state index in [0.717, 1.165) is 18.9 Å². The summed E-state index contributed by atoms with van der Waals surface area (Å²) in [4.78, 5) is 16.7. The van der Waals surface area contributed by atoms with Gasteiger partial charge in [0.25, 0.3) is 5.91 Å². The maximum atomic E-state index is 13.2. The number of aromatic nitrogens is 1. The van der Waals surface area contributed by atoms with Crippen molar-refractivity contribution in [2.45, 2.75) is 17.7 Å². The summed E-state index contributed by atoms with van der Waals surface area (Å²) in [7, 11) is -3.52. The molecule has 3 aromatic rings. The second kappa shape index (κ2) is 8.46. The van der Waals surface area contributed by atoms with Crippen LogP contribution in [0.25, 0.3) is 10.2 Å². The van der Waals surface area contributed by atoms with E-state index in [1.54, 1.807) is 12.1 Å². The van der Waals surface area contributed by atoms with Crippen LogP contribution in [0, 0.1) is 5.82 Å². The molecule has 2 heterocycles. The predicted molar refractivity (Wildman–Crippen MR) is 113 cm³/mol. The molecule has 1 N–H and O–H groups in total. The number of halogens is 2.